The van der Waals surface area contributed by atoms with E-state index in [0.29, 0.717) is 6.54 Å². The van der Waals surface area contributed by atoms with Gasteiger partial charge in [0.05, 0.1) is 0 Å². The molecule has 1 N–H and O–H groups in total. The number of nitrogens with one attached hydrogen (secondary N) is 1. The van der Waals surface area contributed by atoms with Gasteiger partial charge in [-0.05, 0) is 18.4 Å². The normalized spacial score (nSPS) is 10.4. The molecule has 0 unspecified atom stereocenters. The number of hydrogen-bond acceptors (Lipinski definition) is 2. The first-order valence-corrected chi connectivity index (χ1v) is 5.60. The summed E-state index contributed by atoms with van der Waals surface area (Å²) < 4.78 is 1.23. The number of benzene rings is 1. The van der Waals surface area contributed by atoms with Crippen LogP contribution in [0.5, 0.6) is 0 Å². The average molecular weight is 230 g/mol. The molecule has 4 nitrogen and oxygen atoms in total. The summed E-state index contributed by atoms with van der Waals surface area (Å²) in [5.74, 6) is 0. The molecule has 0 saturated heterocycles. The van der Waals surface area contributed by atoms with Gasteiger partial charge in [-0.1, -0.05) is 30.3 Å². The molecule has 1 aromatic carbocycles. The standard InChI is InChI=1S/C13H14N2O2/c16-12-8-9-14-13(17)15(12)10-4-7-11-5-2-1-3-6-11/h1-3,5-6,8-9H,4,7,10H2,(H,14,17). The van der Waals surface area contributed by atoms with Crippen molar-refractivity contribution in [1.82, 2.24) is 9.55 Å². The smallest absolute Gasteiger partial charge is 0.314 e. The second-order valence-electron chi connectivity index (χ2n) is 3.86. The maximum absolute atomic E-state index is 11.4. The SMILES string of the molecule is O=c1cc[nH]c(=O)n1CCCc1ccccc1. The molecule has 0 aliphatic carbocycles. The molecule has 88 valence electrons. The van der Waals surface area contributed by atoms with E-state index in [4.69, 9.17) is 0 Å². The minimum absolute atomic E-state index is 0.248. The van der Waals surface area contributed by atoms with Gasteiger partial charge in [-0.2, -0.15) is 0 Å². The van der Waals surface area contributed by atoms with Crippen LogP contribution in [0.15, 0.2) is 52.2 Å². The van der Waals surface area contributed by atoms with E-state index in [2.05, 4.69) is 4.98 Å². The molecule has 0 amide bonds. The van der Waals surface area contributed by atoms with E-state index >= 15 is 0 Å². The van der Waals surface area contributed by atoms with Crippen LogP contribution in [0.2, 0.25) is 0 Å². The minimum atomic E-state index is -0.342. The predicted octanol–water partition coefficient (Wildman–Crippen LogP) is 1.17. The van der Waals surface area contributed by atoms with Crippen molar-refractivity contribution in [1.29, 1.82) is 0 Å². The van der Waals surface area contributed by atoms with Crippen molar-refractivity contribution in [3.05, 3.63) is 69.0 Å². The molecule has 0 aliphatic heterocycles. The highest BCUT2D eigenvalue weighted by Crippen LogP contribution is 2.02. The van der Waals surface area contributed by atoms with Gasteiger partial charge in [-0.25, -0.2) is 4.79 Å². The summed E-state index contributed by atoms with van der Waals surface area (Å²) in [6.07, 6.45) is 3.01. The Labute approximate surface area is 98.6 Å². The first kappa shape index (κ1) is 11.4. The van der Waals surface area contributed by atoms with Gasteiger partial charge in [-0.3, -0.25) is 9.36 Å². The lowest BCUT2D eigenvalue weighted by atomic mass is 10.1. The van der Waals surface area contributed by atoms with E-state index in [0.717, 1.165) is 12.8 Å². The van der Waals surface area contributed by atoms with Gasteiger partial charge in [-0.15, -0.1) is 0 Å². The lowest BCUT2D eigenvalue weighted by Crippen LogP contribution is -2.33. The van der Waals surface area contributed by atoms with Gasteiger partial charge in [0, 0.05) is 18.8 Å². The fourth-order valence-corrected chi connectivity index (χ4v) is 1.75. The molecular weight excluding hydrogens is 216 g/mol. The Morgan fingerprint density at radius 3 is 2.53 bits per heavy atom. The minimum Gasteiger partial charge on any atom is -0.314 e. The van der Waals surface area contributed by atoms with Gasteiger partial charge >= 0.3 is 5.69 Å². The van der Waals surface area contributed by atoms with E-state index in [1.165, 1.54) is 22.4 Å². The van der Waals surface area contributed by atoms with Crippen LogP contribution >= 0.6 is 0 Å². The number of hydrogen-bond donors (Lipinski definition) is 1. The molecule has 1 aromatic heterocycles. The number of aromatic amines is 1. The van der Waals surface area contributed by atoms with E-state index in [1.54, 1.807) is 0 Å². The lowest BCUT2D eigenvalue weighted by molar-refractivity contribution is 0.590. The second kappa shape index (κ2) is 5.30. The zero-order valence-electron chi connectivity index (χ0n) is 9.43. The molecular formula is C13H14N2O2. The summed E-state index contributed by atoms with van der Waals surface area (Å²) in [6, 6.07) is 11.4. The van der Waals surface area contributed by atoms with Crippen LogP contribution in [-0.4, -0.2) is 9.55 Å². The van der Waals surface area contributed by atoms with Gasteiger partial charge in [0.1, 0.15) is 0 Å². The zero-order chi connectivity index (χ0) is 12.1. The summed E-state index contributed by atoms with van der Waals surface area (Å²) in [5.41, 5.74) is 0.625. The Balaban J connectivity index is 2.00. The highest BCUT2D eigenvalue weighted by Gasteiger charge is 1.99. The van der Waals surface area contributed by atoms with Crippen LogP contribution in [0.3, 0.4) is 0 Å². The summed E-state index contributed by atoms with van der Waals surface area (Å²) >= 11 is 0. The molecule has 0 fully saturated rings. The third-order valence-corrected chi connectivity index (χ3v) is 2.63. The predicted molar refractivity (Wildman–Crippen MR) is 66.1 cm³/mol. The van der Waals surface area contributed by atoms with Crippen LogP contribution in [0.4, 0.5) is 0 Å². The molecule has 0 bridgehead atoms. The Morgan fingerprint density at radius 2 is 1.82 bits per heavy atom. The molecule has 0 spiro atoms. The van der Waals surface area contributed by atoms with Gasteiger partial charge in [0.2, 0.25) is 0 Å². The zero-order valence-corrected chi connectivity index (χ0v) is 9.43. The summed E-state index contributed by atoms with van der Waals surface area (Å²) in [7, 11) is 0. The van der Waals surface area contributed by atoms with E-state index in [1.807, 2.05) is 30.3 Å². The average Bonchev–Trinajstić information content (AvgIpc) is 2.34. The van der Waals surface area contributed by atoms with Crippen molar-refractivity contribution < 1.29 is 0 Å². The van der Waals surface area contributed by atoms with Crippen LogP contribution in [-0.2, 0) is 13.0 Å². The Morgan fingerprint density at radius 1 is 1.06 bits per heavy atom. The third kappa shape index (κ3) is 2.93. The van der Waals surface area contributed by atoms with Crippen LogP contribution in [0.25, 0.3) is 0 Å². The van der Waals surface area contributed by atoms with Crippen molar-refractivity contribution in [2.24, 2.45) is 0 Å². The first-order valence-electron chi connectivity index (χ1n) is 5.60. The molecule has 0 radical (unpaired) electrons. The van der Waals surface area contributed by atoms with Crippen molar-refractivity contribution >= 4 is 0 Å². The van der Waals surface area contributed by atoms with Crippen LogP contribution in [0.1, 0.15) is 12.0 Å². The molecule has 2 rings (SSSR count). The van der Waals surface area contributed by atoms with Crippen LogP contribution < -0.4 is 11.2 Å². The lowest BCUT2D eigenvalue weighted by Gasteiger charge is -2.03. The quantitative estimate of drug-likeness (QED) is 0.857. The highest BCUT2D eigenvalue weighted by atomic mass is 16.2. The fraction of sp³-hybridized carbons (Fsp3) is 0.231. The van der Waals surface area contributed by atoms with Crippen molar-refractivity contribution in [3.63, 3.8) is 0 Å². The van der Waals surface area contributed by atoms with E-state index in [-0.39, 0.29) is 11.2 Å². The number of rotatable bonds is 4. The van der Waals surface area contributed by atoms with E-state index < -0.39 is 0 Å². The monoisotopic (exact) mass is 230 g/mol. The number of H-pyrrole nitrogens is 1. The Bertz CT molecular complexity index is 556. The summed E-state index contributed by atoms with van der Waals surface area (Å²) in [4.78, 5) is 25.3. The molecule has 0 saturated carbocycles. The third-order valence-electron chi connectivity index (χ3n) is 2.63. The van der Waals surface area contributed by atoms with Gasteiger partial charge in [0.25, 0.3) is 5.56 Å². The van der Waals surface area contributed by atoms with Gasteiger partial charge < -0.3 is 4.98 Å². The second-order valence-corrected chi connectivity index (χ2v) is 3.86. The number of aryl methyl sites for hydroxylation is 1. The molecule has 17 heavy (non-hydrogen) atoms. The maximum atomic E-state index is 11.4. The number of nitrogens with zero attached hydrogens (tertiary/aromatic N) is 1. The van der Waals surface area contributed by atoms with Crippen molar-refractivity contribution in [2.75, 3.05) is 0 Å². The van der Waals surface area contributed by atoms with E-state index in [9.17, 15) is 9.59 Å². The topological polar surface area (TPSA) is 54.9 Å². The molecule has 1 heterocycles. The van der Waals surface area contributed by atoms with Gasteiger partial charge in [0.15, 0.2) is 0 Å². The summed E-state index contributed by atoms with van der Waals surface area (Å²) in [6.45, 7) is 0.448. The number of aromatic nitrogens is 2. The van der Waals surface area contributed by atoms with Crippen LogP contribution in [0, 0.1) is 0 Å². The molecule has 2 aromatic rings. The molecule has 0 aliphatic rings. The van der Waals surface area contributed by atoms with Crippen molar-refractivity contribution in [3.8, 4) is 0 Å². The largest absolute Gasteiger partial charge is 0.328 e. The maximum Gasteiger partial charge on any atom is 0.328 e. The first-order chi connectivity index (χ1) is 8.27. The fourth-order valence-electron chi connectivity index (χ4n) is 1.75. The highest BCUT2D eigenvalue weighted by molar-refractivity contribution is 5.14. The Hall–Kier alpha value is -2.10. The van der Waals surface area contributed by atoms with Crippen molar-refractivity contribution in [2.45, 2.75) is 19.4 Å². The summed E-state index contributed by atoms with van der Waals surface area (Å²) in [5, 5.41) is 0. The Kier molecular flexibility index (Phi) is 3.55. The molecule has 4 heteroatoms. The molecule has 0 atom stereocenters.